The normalized spacial score (nSPS) is 19.4. The third-order valence-electron chi connectivity index (χ3n) is 7.10. The number of pyridine rings is 1. The minimum absolute atomic E-state index is 0.137. The lowest BCUT2D eigenvalue weighted by Crippen LogP contribution is -2.26. The van der Waals surface area contributed by atoms with E-state index >= 15 is 0 Å². The number of nitrogens with zero attached hydrogens (tertiary/aromatic N) is 4. The second kappa shape index (κ2) is 9.84. The Bertz CT molecular complexity index is 1170. The molecular formula is C27H36N6O. The molecule has 2 saturated heterocycles. The van der Waals surface area contributed by atoms with E-state index in [0.29, 0.717) is 11.5 Å². The fourth-order valence-corrected chi connectivity index (χ4v) is 5.60. The number of carbonyl (C=O) groups is 1. The van der Waals surface area contributed by atoms with Crippen LogP contribution >= 0.6 is 0 Å². The van der Waals surface area contributed by atoms with Crippen LogP contribution in [0, 0.1) is 20.8 Å². The van der Waals surface area contributed by atoms with Crippen molar-refractivity contribution in [2.24, 2.45) is 0 Å². The van der Waals surface area contributed by atoms with Gasteiger partial charge in [-0.3, -0.25) is 20.0 Å². The summed E-state index contributed by atoms with van der Waals surface area (Å²) in [4.78, 5) is 25.2. The summed E-state index contributed by atoms with van der Waals surface area (Å²) in [7, 11) is 0. The average Bonchev–Trinajstić information content (AvgIpc) is 3.33. The molecule has 0 unspecified atom stereocenters. The number of carbonyl (C=O) groups excluding carboxylic acids is 1. The van der Waals surface area contributed by atoms with Crippen molar-refractivity contribution in [3.63, 3.8) is 0 Å². The first-order valence-electron chi connectivity index (χ1n) is 12.7. The van der Waals surface area contributed by atoms with Gasteiger partial charge >= 0.3 is 0 Å². The molecule has 5 rings (SSSR count). The van der Waals surface area contributed by atoms with Crippen molar-refractivity contribution in [2.75, 3.05) is 31.5 Å². The number of nitrogens with one attached hydrogen (secondary N) is 2. The molecular weight excluding hydrogens is 424 g/mol. The first kappa shape index (κ1) is 23.0. The third-order valence-corrected chi connectivity index (χ3v) is 7.10. The third kappa shape index (κ3) is 4.86. The van der Waals surface area contributed by atoms with Crippen LogP contribution in [0.15, 0.2) is 24.3 Å². The molecule has 2 aliphatic rings. The summed E-state index contributed by atoms with van der Waals surface area (Å²) in [6.45, 7) is 11.3. The number of amides is 1. The first-order valence-corrected chi connectivity index (χ1v) is 12.7. The van der Waals surface area contributed by atoms with Crippen molar-refractivity contribution >= 4 is 22.9 Å². The van der Waals surface area contributed by atoms with E-state index < -0.39 is 0 Å². The summed E-state index contributed by atoms with van der Waals surface area (Å²) in [5, 5.41) is 6.74. The number of rotatable bonds is 5. The van der Waals surface area contributed by atoms with Gasteiger partial charge in [-0.2, -0.15) is 0 Å². The number of hydrogen-bond donors (Lipinski definition) is 2. The second-order valence-corrected chi connectivity index (χ2v) is 10.0. The first-order chi connectivity index (χ1) is 16.5. The van der Waals surface area contributed by atoms with E-state index in [-0.39, 0.29) is 11.9 Å². The van der Waals surface area contributed by atoms with E-state index in [1.54, 1.807) is 0 Å². The van der Waals surface area contributed by atoms with E-state index in [1.165, 1.54) is 49.9 Å². The standard InChI is InChI=1S/C27H36N6O/c1-18-12-21(17-32-10-6-7-11-32)15-24-25(18)33(23-8-4-5-9-28-16-23)27(30-24)31-26(34)22-13-19(2)29-20(3)14-22/h12-15,23,28H,4-11,16-17H2,1-3H3,(H,30,31,34)/t23-/m1/s1. The number of fused-ring (bicyclic) bond motifs is 1. The van der Waals surface area contributed by atoms with Crippen molar-refractivity contribution in [1.82, 2.24) is 24.8 Å². The minimum atomic E-state index is -0.137. The molecule has 0 radical (unpaired) electrons. The zero-order valence-corrected chi connectivity index (χ0v) is 20.7. The zero-order valence-electron chi connectivity index (χ0n) is 20.7. The number of benzene rings is 1. The molecule has 1 amide bonds. The highest BCUT2D eigenvalue weighted by Crippen LogP contribution is 2.32. The molecule has 0 aliphatic carbocycles. The predicted molar refractivity (Wildman–Crippen MR) is 136 cm³/mol. The minimum Gasteiger partial charge on any atom is -0.315 e. The van der Waals surface area contributed by atoms with Gasteiger partial charge in [-0.05, 0) is 95.4 Å². The number of aromatic nitrogens is 3. The van der Waals surface area contributed by atoms with E-state index in [4.69, 9.17) is 4.98 Å². The molecule has 0 saturated carbocycles. The van der Waals surface area contributed by atoms with E-state index in [2.05, 4.69) is 44.1 Å². The van der Waals surface area contributed by atoms with Crippen molar-refractivity contribution in [2.45, 2.75) is 65.5 Å². The number of likely N-dealkylation sites (tertiary alicyclic amines) is 1. The summed E-state index contributed by atoms with van der Waals surface area (Å²) >= 11 is 0. The van der Waals surface area contributed by atoms with Crippen molar-refractivity contribution in [3.05, 3.63) is 52.3 Å². The van der Waals surface area contributed by atoms with Crippen molar-refractivity contribution in [3.8, 4) is 0 Å². The Morgan fingerprint density at radius 2 is 1.79 bits per heavy atom. The molecule has 0 bridgehead atoms. The topological polar surface area (TPSA) is 75.1 Å². The van der Waals surface area contributed by atoms with Gasteiger partial charge in [0.05, 0.1) is 11.0 Å². The fraction of sp³-hybridized carbons (Fsp3) is 0.519. The smallest absolute Gasteiger partial charge is 0.258 e. The Morgan fingerprint density at radius 3 is 2.56 bits per heavy atom. The van der Waals surface area contributed by atoms with Crippen LogP contribution in [-0.2, 0) is 6.54 Å². The molecule has 4 heterocycles. The summed E-state index contributed by atoms with van der Waals surface area (Å²) in [6.07, 6.45) is 5.99. The molecule has 7 nitrogen and oxygen atoms in total. The highest BCUT2D eigenvalue weighted by Gasteiger charge is 2.24. The van der Waals surface area contributed by atoms with E-state index in [9.17, 15) is 4.79 Å². The van der Waals surface area contributed by atoms with Crippen LogP contribution in [0.1, 0.15) is 71.0 Å². The molecule has 1 atom stereocenters. The van der Waals surface area contributed by atoms with Crippen LogP contribution in [0.2, 0.25) is 0 Å². The number of hydrogen-bond acceptors (Lipinski definition) is 5. The molecule has 3 aromatic rings. The maximum Gasteiger partial charge on any atom is 0.258 e. The van der Waals surface area contributed by atoms with Gasteiger partial charge in [-0.1, -0.05) is 12.5 Å². The van der Waals surface area contributed by atoms with E-state index in [0.717, 1.165) is 48.5 Å². The maximum atomic E-state index is 13.3. The lowest BCUT2D eigenvalue weighted by molar-refractivity contribution is 0.102. The molecule has 2 N–H and O–H groups in total. The summed E-state index contributed by atoms with van der Waals surface area (Å²) in [5.74, 6) is 0.504. The molecule has 1 aromatic carbocycles. The van der Waals surface area contributed by atoms with Crippen LogP contribution in [-0.4, -0.2) is 51.5 Å². The molecule has 2 aromatic heterocycles. The number of anilines is 1. The van der Waals surface area contributed by atoms with Crippen molar-refractivity contribution in [1.29, 1.82) is 0 Å². The second-order valence-electron chi connectivity index (χ2n) is 10.0. The van der Waals surface area contributed by atoms with Gasteiger partial charge in [0.1, 0.15) is 0 Å². The maximum absolute atomic E-state index is 13.3. The van der Waals surface area contributed by atoms with Crippen LogP contribution in [0.25, 0.3) is 11.0 Å². The van der Waals surface area contributed by atoms with Gasteiger partial charge in [-0.15, -0.1) is 0 Å². The van der Waals surface area contributed by atoms with Crippen molar-refractivity contribution < 1.29 is 4.79 Å². The Morgan fingerprint density at radius 1 is 1.03 bits per heavy atom. The lowest BCUT2D eigenvalue weighted by atomic mass is 10.1. The van der Waals surface area contributed by atoms with Gasteiger partial charge in [0, 0.05) is 36.1 Å². The molecule has 0 spiro atoms. The van der Waals surface area contributed by atoms with Gasteiger partial charge in [0.15, 0.2) is 0 Å². The van der Waals surface area contributed by atoms with Crippen LogP contribution < -0.4 is 10.6 Å². The molecule has 2 fully saturated rings. The Kier molecular flexibility index (Phi) is 6.66. The zero-order chi connectivity index (χ0) is 23.7. The Balaban J connectivity index is 1.54. The van der Waals surface area contributed by atoms with Gasteiger partial charge < -0.3 is 9.88 Å². The summed E-state index contributed by atoms with van der Waals surface area (Å²) in [5.41, 5.74) is 6.93. The Hall–Kier alpha value is -2.77. The largest absolute Gasteiger partial charge is 0.315 e. The lowest BCUT2D eigenvalue weighted by Gasteiger charge is -2.21. The SMILES string of the molecule is Cc1cc(C(=O)Nc2nc3cc(CN4CCCC4)cc(C)c3n2[C@@H]2CCCCNC2)cc(C)n1. The highest BCUT2D eigenvalue weighted by atomic mass is 16.1. The number of aryl methyl sites for hydroxylation is 3. The Labute approximate surface area is 202 Å². The van der Waals surface area contributed by atoms with Crippen LogP contribution in [0.4, 0.5) is 5.95 Å². The monoisotopic (exact) mass is 460 g/mol. The highest BCUT2D eigenvalue weighted by molar-refractivity contribution is 6.04. The summed E-state index contributed by atoms with van der Waals surface area (Å²) in [6, 6.07) is 8.46. The molecule has 180 valence electrons. The molecule has 2 aliphatic heterocycles. The average molecular weight is 461 g/mol. The predicted octanol–water partition coefficient (Wildman–Crippen LogP) is 4.52. The van der Waals surface area contributed by atoms with E-state index in [1.807, 2.05) is 26.0 Å². The van der Waals surface area contributed by atoms with Crippen LogP contribution in [0.5, 0.6) is 0 Å². The van der Waals surface area contributed by atoms with Gasteiger partial charge in [0.2, 0.25) is 5.95 Å². The molecule has 34 heavy (non-hydrogen) atoms. The molecule has 7 heteroatoms. The van der Waals surface area contributed by atoms with Gasteiger partial charge in [0.25, 0.3) is 5.91 Å². The fourth-order valence-electron chi connectivity index (χ4n) is 5.60. The quantitative estimate of drug-likeness (QED) is 0.586. The van der Waals surface area contributed by atoms with Crippen LogP contribution in [0.3, 0.4) is 0 Å². The number of imidazole rings is 1. The van der Waals surface area contributed by atoms with Gasteiger partial charge in [-0.25, -0.2) is 4.98 Å². The summed E-state index contributed by atoms with van der Waals surface area (Å²) < 4.78 is 2.28.